The fraction of sp³-hybridized carbons (Fsp3) is 0.391. The Kier molecular flexibility index (Phi) is 5.73. The van der Waals surface area contributed by atoms with Gasteiger partial charge in [0.25, 0.3) is 5.91 Å². The van der Waals surface area contributed by atoms with Crippen molar-refractivity contribution >= 4 is 17.9 Å². The molecule has 2 aliphatic heterocycles. The number of pyridine rings is 1. The summed E-state index contributed by atoms with van der Waals surface area (Å²) in [5.41, 5.74) is 1.67. The Morgan fingerprint density at radius 3 is 2.39 bits per heavy atom. The van der Waals surface area contributed by atoms with Crippen LogP contribution in [0.5, 0.6) is 0 Å². The van der Waals surface area contributed by atoms with Crippen molar-refractivity contribution in [3.05, 3.63) is 65.5 Å². The highest BCUT2D eigenvalue weighted by Crippen LogP contribution is 2.37. The average Bonchev–Trinajstić information content (AvgIpc) is 2.97. The van der Waals surface area contributed by atoms with Gasteiger partial charge < -0.3 is 9.64 Å². The van der Waals surface area contributed by atoms with Crippen molar-refractivity contribution in [2.45, 2.75) is 31.5 Å². The zero-order chi connectivity index (χ0) is 22.0. The van der Waals surface area contributed by atoms with Crippen LogP contribution in [0.25, 0.3) is 0 Å². The molecule has 0 N–H and O–H groups in total. The van der Waals surface area contributed by atoms with Gasteiger partial charge in [-0.05, 0) is 42.2 Å². The van der Waals surface area contributed by atoms with Crippen LogP contribution in [0, 0.1) is 0 Å². The highest BCUT2D eigenvalue weighted by molar-refractivity contribution is 6.06. The van der Waals surface area contributed by atoms with E-state index in [2.05, 4.69) is 9.88 Å². The fourth-order valence-electron chi connectivity index (χ4n) is 4.41. The van der Waals surface area contributed by atoms with E-state index >= 15 is 0 Å². The molecule has 1 aromatic heterocycles. The van der Waals surface area contributed by atoms with Crippen LogP contribution in [0.2, 0.25) is 0 Å². The van der Waals surface area contributed by atoms with Gasteiger partial charge in [0.15, 0.2) is 0 Å². The highest BCUT2D eigenvalue weighted by Gasteiger charge is 2.56. The number of nitrogens with zero attached hydrogens (tertiary/aromatic N) is 4. The van der Waals surface area contributed by atoms with E-state index in [1.165, 1.54) is 12.0 Å². The molecule has 3 heterocycles. The minimum Gasteiger partial charge on any atom is -0.465 e. The van der Waals surface area contributed by atoms with E-state index in [0.717, 1.165) is 17.7 Å². The first-order chi connectivity index (χ1) is 14.9. The smallest absolute Gasteiger partial charge is 0.337 e. The Labute approximate surface area is 181 Å². The number of carbonyl (C=O) groups is 3. The number of carbonyl (C=O) groups excluding carboxylic acids is 3. The highest BCUT2D eigenvalue weighted by atomic mass is 16.5. The molecule has 162 valence electrons. The number of likely N-dealkylation sites (tertiary alicyclic amines) is 1. The molecule has 2 fully saturated rings. The summed E-state index contributed by atoms with van der Waals surface area (Å²) in [5.74, 6) is -0.472. The lowest BCUT2D eigenvalue weighted by Crippen LogP contribution is -2.55. The number of urea groups is 1. The molecule has 2 aliphatic rings. The van der Waals surface area contributed by atoms with E-state index in [9.17, 15) is 14.4 Å². The molecule has 2 aromatic rings. The molecular weight excluding hydrogens is 396 g/mol. The van der Waals surface area contributed by atoms with E-state index in [1.807, 2.05) is 18.2 Å². The third-order valence-electron chi connectivity index (χ3n) is 6.33. The largest absolute Gasteiger partial charge is 0.465 e. The van der Waals surface area contributed by atoms with Crippen molar-refractivity contribution in [2.24, 2.45) is 0 Å². The molecule has 2 saturated heterocycles. The van der Waals surface area contributed by atoms with Gasteiger partial charge in [0, 0.05) is 39.1 Å². The Morgan fingerprint density at radius 2 is 1.77 bits per heavy atom. The quantitative estimate of drug-likeness (QED) is 0.543. The summed E-state index contributed by atoms with van der Waals surface area (Å²) >= 11 is 0. The fourth-order valence-corrected chi connectivity index (χ4v) is 4.41. The summed E-state index contributed by atoms with van der Waals surface area (Å²) < 4.78 is 4.73. The number of likely N-dealkylation sites (N-methyl/N-ethyl adjacent to an activating group) is 1. The third kappa shape index (κ3) is 3.90. The summed E-state index contributed by atoms with van der Waals surface area (Å²) in [6.07, 6.45) is 4.54. The van der Waals surface area contributed by atoms with Gasteiger partial charge in [0.2, 0.25) is 0 Å². The summed E-state index contributed by atoms with van der Waals surface area (Å²) in [6, 6.07) is 10.8. The lowest BCUT2D eigenvalue weighted by atomic mass is 9.86. The van der Waals surface area contributed by atoms with Crippen LogP contribution in [0.15, 0.2) is 48.8 Å². The van der Waals surface area contributed by atoms with Crippen molar-refractivity contribution in [2.75, 3.05) is 27.2 Å². The molecule has 0 atom stereocenters. The Hall–Kier alpha value is -3.26. The first-order valence-corrected chi connectivity index (χ1v) is 10.3. The van der Waals surface area contributed by atoms with Gasteiger partial charge in [0.1, 0.15) is 5.54 Å². The predicted molar refractivity (Wildman–Crippen MR) is 113 cm³/mol. The zero-order valence-corrected chi connectivity index (χ0v) is 17.8. The second kappa shape index (κ2) is 8.47. The maximum atomic E-state index is 13.3. The molecule has 3 amide bonds. The standard InChI is InChI=1S/C23H26N4O4/c1-25-22(30)27(16-18-4-3-11-24-14-18)21(29)23(25)9-12-26(13-10-23)15-17-5-7-19(8-6-17)20(28)31-2/h3-8,11,14H,9-10,12-13,15-16H2,1-2H3. The average molecular weight is 422 g/mol. The van der Waals surface area contributed by atoms with Gasteiger partial charge in [-0.25, -0.2) is 9.59 Å². The Balaban J connectivity index is 1.40. The molecule has 8 heteroatoms. The maximum absolute atomic E-state index is 13.3. The SMILES string of the molecule is COC(=O)c1ccc(CN2CCC3(CC2)C(=O)N(Cc2cccnc2)C(=O)N3C)cc1. The molecule has 0 bridgehead atoms. The van der Waals surface area contributed by atoms with Crippen molar-refractivity contribution in [1.29, 1.82) is 0 Å². The van der Waals surface area contributed by atoms with E-state index in [1.54, 1.807) is 42.5 Å². The molecule has 0 aliphatic carbocycles. The third-order valence-corrected chi connectivity index (χ3v) is 6.33. The van der Waals surface area contributed by atoms with E-state index in [0.29, 0.717) is 31.5 Å². The maximum Gasteiger partial charge on any atom is 0.337 e. The van der Waals surface area contributed by atoms with Crippen LogP contribution in [0.1, 0.15) is 34.3 Å². The van der Waals surface area contributed by atoms with Gasteiger partial charge >= 0.3 is 12.0 Å². The van der Waals surface area contributed by atoms with Gasteiger partial charge in [-0.3, -0.25) is 19.6 Å². The number of methoxy groups -OCH3 is 1. The topological polar surface area (TPSA) is 83.0 Å². The van der Waals surface area contributed by atoms with Crippen LogP contribution in [0.3, 0.4) is 0 Å². The normalized spacial score (nSPS) is 18.6. The summed E-state index contributed by atoms with van der Waals surface area (Å²) in [6.45, 7) is 2.39. The van der Waals surface area contributed by atoms with Gasteiger partial charge in [-0.15, -0.1) is 0 Å². The second-order valence-corrected chi connectivity index (χ2v) is 8.09. The molecule has 0 unspecified atom stereocenters. The molecule has 4 rings (SSSR count). The second-order valence-electron chi connectivity index (χ2n) is 8.09. The van der Waals surface area contributed by atoms with Crippen molar-refractivity contribution in [1.82, 2.24) is 19.7 Å². The molecular formula is C23H26N4O4. The predicted octanol–water partition coefficient (Wildman–Crippen LogP) is 2.30. The summed E-state index contributed by atoms with van der Waals surface area (Å²) in [4.78, 5) is 47.0. The number of benzene rings is 1. The van der Waals surface area contributed by atoms with E-state index < -0.39 is 5.54 Å². The summed E-state index contributed by atoms with van der Waals surface area (Å²) in [7, 11) is 3.09. The molecule has 1 spiro atoms. The molecule has 0 saturated carbocycles. The van der Waals surface area contributed by atoms with Crippen LogP contribution >= 0.6 is 0 Å². The monoisotopic (exact) mass is 422 g/mol. The number of piperidine rings is 1. The van der Waals surface area contributed by atoms with Crippen LogP contribution in [-0.2, 0) is 22.6 Å². The number of ether oxygens (including phenoxy) is 1. The van der Waals surface area contributed by atoms with Crippen molar-refractivity contribution in [3.63, 3.8) is 0 Å². The number of amides is 3. The lowest BCUT2D eigenvalue weighted by molar-refractivity contribution is -0.135. The molecule has 8 nitrogen and oxygen atoms in total. The number of hydrogen-bond donors (Lipinski definition) is 0. The number of imide groups is 1. The van der Waals surface area contributed by atoms with E-state index in [4.69, 9.17) is 4.74 Å². The van der Waals surface area contributed by atoms with E-state index in [-0.39, 0.29) is 24.5 Å². The van der Waals surface area contributed by atoms with Crippen molar-refractivity contribution < 1.29 is 19.1 Å². The van der Waals surface area contributed by atoms with Crippen LogP contribution in [-0.4, -0.2) is 70.4 Å². The minimum atomic E-state index is -0.773. The lowest BCUT2D eigenvalue weighted by Gasteiger charge is -2.40. The zero-order valence-electron chi connectivity index (χ0n) is 17.8. The van der Waals surface area contributed by atoms with Crippen molar-refractivity contribution in [3.8, 4) is 0 Å². The number of hydrogen-bond acceptors (Lipinski definition) is 6. The summed E-state index contributed by atoms with van der Waals surface area (Å²) in [5, 5.41) is 0. The van der Waals surface area contributed by atoms with Gasteiger partial charge in [0.05, 0.1) is 19.2 Å². The Bertz CT molecular complexity index is 969. The molecule has 1 aromatic carbocycles. The Morgan fingerprint density at radius 1 is 1.06 bits per heavy atom. The van der Waals surface area contributed by atoms with Gasteiger partial charge in [-0.1, -0.05) is 18.2 Å². The first-order valence-electron chi connectivity index (χ1n) is 10.3. The number of aromatic nitrogens is 1. The van der Waals surface area contributed by atoms with Crippen LogP contribution < -0.4 is 0 Å². The molecule has 0 radical (unpaired) electrons. The van der Waals surface area contributed by atoms with Crippen LogP contribution in [0.4, 0.5) is 4.79 Å². The van der Waals surface area contributed by atoms with Gasteiger partial charge in [-0.2, -0.15) is 0 Å². The molecule has 31 heavy (non-hydrogen) atoms. The minimum absolute atomic E-state index is 0.120. The number of rotatable bonds is 5. The number of esters is 1. The first kappa shape index (κ1) is 21.0.